The number of halogens is 1. The highest BCUT2D eigenvalue weighted by Gasteiger charge is 2.21. The number of nitrogens with zero attached hydrogens (tertiary/aromatic N) is 3. The molecule has 2 aromatic carbocycles. The van der Waals surface area contributed by atoms with E-state index in [1.165, 1.54) is 0 Å². The first-order chi connectivity index (χ1) is 14.9. The maximum Gasteiger partial charge on any atom is 0.258 e. The first kappa shape index (κ1) is 22.6. The number of ether oxygens (including phenoxy) is 1. The third kappa shape index (κ3) is 5.55. The van der Waals surface area contributed by atoms with E-state index < -0.39 is 6.04 Å². The van der Waals surface area contributed by atoms with E-state index in [2.05, 4.69) is 10.3 Å². The summed E-state index contributed by atoms with van der Waals surface area (Å²) in [6.07, 6.45) is 0. The second-order valence-electron chi connectivity index (χ2n) is 7.14. The van der Waals surface area contributed by atoms with Crippen LogP contribution < -0.4 is 10.1 Å². The molecule has 0 saturated heterocycles. The largest absolute Gasteiger partial charge is 0.484 e. The predicted octanol–water partition coefficient (Wildman–Crippen LogP) is 3.81. The summed E-state index contributed by atoms with van der Waals surface area (Å²) in [5.74, 6) is 0.918. The molecule has 1 aromatic heterocycles. The molecule has 0 bridgehead atoms. The molecular formula is C23H27ClN4O3. The number of hydrogen-bond acceptors (Lipinski definition) is 4. The van der Waals surface area contributed by atoms with Crippen molar-refractivity contribution >= 4 is 34.4 Å². The van der Waals surface area contributed by atoms with Gasteiger partial charge in [-0.1, -0.05) is 23.7 Å². The first-order valence-electron chi connectivity index (χ1n) is 10.3. The minimum absolute atomic E-state index is 0.0130. The van der Waals surface area contributed by atoms with Crippen LogP contribution in [0.1, 0.15) is 32.6 Å². The predicted molar refractivity (Wildman–Crippen MR) is 121 cm³/mol. The molecule has 1 atom stereocenters. The SMILES string of the molecule is CCN(CC)C(=O)Cn1c(C(C)NC(=O)COc2ccc(Cl)cc2)nc2ccccc21. The Morgan fingerprint density at radius 2 is 1.81 bits per heavy atom. The van der Waals surface area contributed by atoms with Crippen molar-refractivity contribution in [3.63, 3.8) is 0 Å². The Morgan fingerprint density at radius 3 is 2.48 bits per heavy atom. The summed E-state index contributed by atoms with van der Waals surface area (Å²) in [5, 5.41) is 3.51. The Balaban J connectivity index is 1.75. The molecule has 7 nitrogen and oxygen atoms in total. The van der Waals surface area contributed by atoms with E-state index in [0.717, 1.165) is 11.0 Å². The van der Waals surface area contributed by atoms with Crippen LogP contribution in [0.3, 0.4) is 0 Å². The van der Waals surface area contributed by atoms with Crippen LogP contribution in [0, 0.1) is 0 Å². The van der Waals surface area contributed by atoms with E-state index in [-0.39, 0.29) is 25.0 Å². The van der Waals surface area contributed by atoms with Gasteiger partial charge in [-0.15, -0.1) is 0 Å². The Kier molecular flexibility index (Phi) is 7.52. The van der Waals surface area contributed by atoms with Crippen molar-refractivity contribution < 1.29 is 14.3 Å². The summed E-state index contributed by atoms with van der Waals surface area (Å²) in [5.41, 5.74) is 1.64. The molecule has 0 spiro atoms. The van der Waals surface area contributed by atoms with Gasteiger partial charge in [0.15, 0.2) is 6.61 Å². The highest BCUT2D eigenvalue weighted by molar-refractivity contribution is 6.30. The monoisotopic (exact) mass is 442 g/mol. The number of likely N-dealkylation sites (N-methyl/N-ethyl adjacent to an activating group) is 1. The van der Waals surface area contributed by atoms with Crippen LogP contribution in [0.15, 0.2) is 48.5 Å². The number of para-hydroxylation sites is 2. The van der Waals surface area contributed by atoms with Gasteiger partial charge < -0.3 is 19.5 Å². The zero-order chi connectivity index (χ0) is 22.4. The smallest absolute Gasteiger partial charge is 0.258 e. The second kappa shape index (κ2) is 10.3. The van der Waals surface area contributed by atoms with Crippen LogP contribution in [0.2, 0.25) is 5.02 Å². The number of imidazole rings is 1. The summed E-state index contributed by atoms with van der Waals surface area (Å²) in [4.78, 5) is 31.7. The summed E-state index contributed by atoms with van der Waals surface area (Å²) in [6.45, 7) is 7.08. The van der Waals surface area contributed by atoms with Crippen LogP contribution in [0.25, 0.3) is 11.0 Å². The molecule has 0 saturated carbocycles. The van der Waals surface area contributed by atoms with Crippen molar-refractivity contribution in [2.24, 2.45) is 0 Å². The Hall–Kier alpha value is -3.06. The highest BCUT2D eigenvalue weighted by Crippen LogP contribution is 2.21. The lowest BCUT2D eigenvalue weighted by molar-refractivity contribution is -0.131. The molecule has 1 heterocycles. The summed E-state index contributed by atoms with van der Waals surface area (Å²) < 4.78 is 7.39. The van der Waals surface area contributed by atoms with E-state index >= 15 is 0 Å². The number of nitrogens with one attached hydrogen (secondary N) is 1. The van der Waals surface area contributed by atoms with Crippen molar-refractivity contribution in [2.75, 3.05) is 19.7 Å². The molecule has 0 aliphatic heterocycles. The van der Waals surface area contributed by atoms with E-state index in [0.29, 0.717) is 29.7 Å². The van der Waals surface area contributed by atoms with Gasteiger partial charge in [0.05, 0.1) is 17.1 Å². The maximum atomic E-state index is 12.8. The number of carbonyl (C=O) groups is 2. The van der Waals surface area contributed by atoms with Crippen LogP contribution in [-0.2, 0) is 16.1 Å². The third-order valence-corrected chi connectivity index (χ3v) is 5.29. The lowest BCUT2D eigenvalue weighted by Gasteiger charge is -2.21. The Morgan fingerprint density at radius 1 is 1.13 bits per heavy atom. The molecule has 0 fully saturated rings. The van der Waals surface area contributed by atoms with Gasteiger partial charge in [-0.3, -0.25) is 9.59 Å². The van der Waals surface area contributed by atoms with Crippen LogP contribution in [-0.4, -0.2) is 46.0 Å². The number of rotatable bonds is 9. The lowest BCUT2D eigenvalue weighted by Crippen LogP contribution is -2.36. The van der Waals surface area contributed by atoms with Gasteiger partial charge in [-0.25, -0.2) is 4.98 Å². The van der Waals surface area contributed by atoms with E-state index in [1.54, 1.807) is 29.2 Å². The minimum Gasteiger partial charge on any atom is -0.484 e. The molecule has 2 amide bonds. The van der Waals surface area contributed by atoms with Crippen molar-refractivity contribution in [3.05, 3.63) is 59.4 Å². The molecule has 0 radical (unpaired) electrons. The third-order valence-electron chi connectivity index (χ3n) is 5.04. The van der Waals surface area contributed by atoms with Crippen molar-refractivity contribution in [1.29, 1.82) is 0 Å². The van der Waals surface area contributed by atoms with Crippen LogP contribution in [0.5, 0.6) is 5.75 Å². The quantitative estimate of drug-likeness (QED) is 0.546. The minimum atomic E-state index is -0.404. The van der Waals surface area contributed by atoms with E-state index in [4.69, 9.17) is 16.3 Å². The van der Waals surface area contributed by atoms with Gasteiger partial charge in [0, 0.05) is 18.1 Å². The maximum absolute atomic E-state index is 12.8. The fourth-order valence-electron chi connectivity index (χ4n) is 3.43. The average molecular weight is 443 g/mol. The zero-order valence-electron chi connectivity index (χ0n) is 18.0. The summed E-state index contributed by atoms with van der Waals surface area (Å²) >= 11 is 5.86. The van der Waals surface area contributed by atoms with Crippen molar-refractivity contribution in [3.8, 4) is 5.75 Å². The van der Waals surface area contributed by atoms with Crippen LogP contribution in [0.4, 0.5) is 0 Å². The van der Waals surface area contributed by atoms with Crippen molar-refractivity contribution in [2.45, 2.75) is 33.4 Å². The molecule has 1 N–H and O–H groups in total. The molecule has 164 valence electrons. The average Bonchev–Trinajstić information content (AvgIpc) is 3.13. The standard InChI is InChI=1S/C23H27ClN4O3/c1-4-27(5-2)22(30)14-28-20-9-7-6-8-19(20)26-23(28)16(3)25-21(29)15-31-18-12-10-17(24)11-13-18/h6-13,16H,4-5,14-15H2,1-3H3,(H,25,29). The van der Waals surface area contributed by atoms with E-state index in [1.807, 2.05) is 49.6 Å². The Bertz CT molecular complexity index is 1040. The fourth-order valence-corrected chi connectivity index (χ4v) is 3.56. The number of fused-ring (bicyclic) bond motifs is 1. The number of carbonyl (C=O) groups excluding carboxylic acids is 2. The Labute approximate surface area is 187 Å². The van der Waals surface area contributed by atoms with Gasteiger partial charge in [0.1, 0.15) is 18.1 Å². The molecule has 1 unspecified atom stereocenters. The fraction of sp³-hybridized carbons (Fsp3) is 0.348. The van der Waals surface area contributed by atoms with Gasteiger partial charge >= 0.3 is 0 Å². The molecule has 8 heteroatoms. The van der Waals surface area contributed by atoms with Gasteiger partial charge in [0.25, 0.3) is 5.91 Å². The van der Waals surface area contributed by atoms with Gasteiger partial charge in [0.2, 0.25) is 5.91 Å². The molecule has 0 aliphatic carbocycles. The molecule has 3 rings (SSSR count). The number of aromatic nitrogens is 2. The van der Waals surface area contributed by atoms with E-state index in [9.17, 15) is 9.59 Å². The molecular weight excluding hydrogens is 416 g/mol. The molecule has 0 aliphatic rings. The first-order valence-corrected chi connectivity index (χ1v) is 10.7. The normalized spacial score (nSPS) is 11.9. The number of benzene rings is 2. The van der Waals surface area contributed by atoms with Crippen molar-refractivity contribution in [1.82, 2.24) is 19.8 Å². The van der Waals surface area contributed by atoms with Crippen LogP contribution >= 0.6 is 11.6 Å². The van der Waals surface area contributed by atoms with Gasteiger partial charge in [-0.05, 0) is 57.2 Å². The molecule has 31 heavy (non-hydrogen) atoms. The van der Waals surface area contributed by atoms with Gasteiger partial charge in [-0.2, -0.15) is 0 Å². The number of hydrogen-bond donors (Lipinski definition) is 1. The molecule has 3 aromatic rings. The highest BCUT2D eigenvalue weighted by atomic mass is 35.5. The topological polar surface area (TPSA) is 76.5 Å². The summed E-state index contributed by atoms with van der Waals surface area (Å²) in [7, 11) is 0. The number of amides is 2. The summed E-state index contributed by atoms with van der Waals surface area (Å²) in [6, 6.07) is 14.1. The lowest BCUT2D eigenvalue weighted by atomic mass is 10.3. The zero-order valence-corrected chi connectivity index (χ0v) is 18.7. The second-order valence-corrected chi connectivity index (χ2v) is 7.58.